The summed E-state index contributed by atoms with van der Waals surface area (Å²) in [6.07, 6.45) is 26.2. The zero-order chi connectivity index (χ0) is 98.0. The second-order valence-electron chi connectivity index (χ2n) is 30.8. The average Bonchev–Trinajstić information content (AvgIpc) is 1.52. The van der Waals surface area contributed by atoms with E-state index in [4.69, 9.17) is 64.7 Å². The summed E-state index contributed by atoms with van der Waals surface area (Å²) in [5.74, 6) is 0.168. The molecule has 27 nitrogen and oxygen atoms in total. The van der Waals surface area contributed by atoms with Gasteiger partial charge in [0.25, 0.3) is 0 Å². The van der Waals surface area contributed by atoms with Gasteiger partial charge in [-0.25, -0.2) is 13.2 Å². The minimum atomic E-state index is -0.431. The molecular formula is C109H89F3N24O3. The number of nitrogens with two attached hydrogens (primary N) is 4. The minimum absolute atomic E-state index is 0.154. The van der Waals surface area contributed by atoms with Gasteiger partial charge in [-0.3, -0.25) is 59.9 Å². The Morgan fingerprint density at radius 1 is 0.360 bits per heavy atom. The molecule has 0 saturated carbocycles. The highest BCUT2D eigenvalue weighted by atomic mass is 19.1. The molecule has 0 amide bonds. The van der Waals surface area contributed by atoms with Crippen LogP contribution in [0.15, 0.2) is 323 Å². The Morgan fingerprint density at radius 2 is 0.763 bits per heavy atom. The summed E-state index contributed by atoms with van der Waals surface area (Å²) < 4.78 is 51.8. The van der Waals surface area contributed by atoms with Crippen LogP contribution < -0.4 is 37.7 Å². The molecule has 0 spiro atoms. The van der Waals surface area contributed by atoms with Crippen LogP contribution in [0.5, 0.6) is 17.2 Å². The Kier molecular flexibility index (Phi) is 31.1. The third kappa shape index (κ3) is 22.9. The second-order valence-corrected chi connectivity index (χ2v) is 30.8. The molecule has 0 aliphatic carbocycles. The lowest BCUT2D eigenvalue weighted by Crippen LogP contribution is -1.98. The van der Waals surface area contributed by atoms with Crippen molar-refractivity contribution in [1.82, 2.24) is 65.0 Å². The Morgan fingerprint density at radius 3 is 1.20 bits per heavy atom. The number of nitrogen functional groups attached to an aromatic ring is 4. The molecule has 16 N–H and O–H groups in total. The summed E-state index contributed by atoms with van der Waals surface area (Å²) in [6.45, 7) is 3.65. The minimum Gasteiger partial charge on any atom is -0.508 e. The van der Waals surface area contributed by atoms with Gasteiger partial charge < -0.3 is 69.9 Å². The Labute approximate surface area is 797 Å². The van der Waals surface area contributed by atoms with Crippen LogP contribution in [0.3, 0.4) is 0 Å². The fourth-order valence-corrected chi connectivity index (χ4v) is 14.9. The van der Waals surface area contributed by atoms with Crippen molar-refractivity contribution in [3.8, 4) is 158 Å². The first-order valence-corrected chi connectivity index (χ1v) is 42.8. The number of methoxy groups -OCH3 is 2. The molecule has 12 aromatic heterocycles. The predicted octanol–water partition coefficient (Wildman–Crippen LogP) is 22.3. The SMILES string of the molecule is CNc1ccc(-c2cccnc2-c2ccc(F)c(C)c2)cc1C=N.COc1cc(-c2ncccc2-c2cnc(C=N)c(N)c2)ccc1F.COc1cccc(-c2ncccc2-c2cnc(C=N)c(N)c2)c1.Cc1ccc(F)c(-c2ncccc2-c2cnc(C=N)c(N)c2)c1.N#Cc1cccc(-c2ncccc2-c2cnc(C=N)c(N)c2)c1.Oc1cccc(-c2ncccc2-c2cnc3cn[nH]c3c2)c1. The summed E-state index contributed by atoms with van der Waals surface area (Å²) in [5, 5.41) is 65.4. The molecule has 139 heavy (non-hydrogen) atoms. The van der Waals surface area contributed by atoms with Crippen molar-refractivity contribution in [2.45, 2.75) is 13.8 Å². The van der Waals surface area contributed by atoms with E-state index in [1.54, 1.807) is 185 Å². The van der Waals surface area contributed by atoms with E-state index in [2.05, 4.69) is 76.4 Å². The molecule has 19 aromatic rings. The molecule has 684 valence electrons. The number of H-pyrrole nitrogens is 1. The molecule has 0 fully saturated rings. The first-order chi connectivity index (χ1) is 67.6. The van der Waals surface area contributed by atoms with Gasteiger partial charge in [-0.2, -0.15) is 10.4 Å². The summed E-state index contributed by atoms with van der Waals surface area (Å²) in [7, 11) is 4.89. The highest BCUT2D eigenvalue weighted by Crippen LogP contribution is 2.41. The summed E-state index contributed by atoms with van der Waals surface area (Å²) in [6, 6.07) is 76.4. The van der Waals surface area contributed by atoms with E-state index in [0.717, 1.165) is 176 Å². The quantitative estimate of drug-likeness (QED) is 0.0315. The molecule has 0 radical (unpaired) electrons. The van der Waals surface area contributed by atoms with Gasteiger partial charge in [0.2, 0.25) is 0 Å². The normalized spacial score (nSPS) is 10.4. The van der Waals surface area contributed by atoms with Crippen LogP contribution in [0.4, 0.5) is 41.6 Å². The third-order valence-corrected chi connectivity index (χ3v) is 21.8. The number of anilines is 5. The predicted molar refractivity (Wildman–Crippen MR) is 545 cm³/mol. The fourth-order valence-electron chi connectivity index (χ4n) is 14.9. The molecule has 0 aliphatic heterocycles. The summed E-state index contributed by atoms with van der Waals surface area (Å²) >= 11 is 0. The van der Waals surface area contributed by atoms with Gasteiger partial charge >= 0.3 is 0 Å². The van der Waals surface area contributed by atoms with E-state index < -0.39 is 5.82 Å². The fraction of sp³-hybridized carbons (Fsp3) is 0.0459. The topological polar surface area (TPSA) is 468 Å². The van der Waals surface area contributed by atoms with Crippen LogP contribution in [-0.2, 0) is 0 Å². The van der Waals surface area contributed by atoms with E-state index in [1.807, 2.05) is 147 Å². The number of hydrogen-bond acceptors (Lipinski definition) is 26. The zero-order valence-electron chi connectivity index (χ0n) is 75.5. The highest BCUT2D eigenvalue weighted by Gasteiger charge is 2.21. The van der Waals surface area contributed by atoms with Crippen LogP contribution in [0.2, 0.25) is 0 Å². The lowest BCUT2D eigenvalue weighted by atomic mass is 9.96. The van der Waals surface area contributed by atoms with Gasteiger partial charge in [0, 0.05) is 212 Å². The first-order valence-electron chi connectivity index (χ1n) is 42.8. The molecule has 0 unspecified atom stereocenters. The van der Waals surface area contributed by atoms with E-state index >= 15 is 0 Å². The molecule has 19 rings (SSSR count). The number of fused-ring (bicyclic) bond motifs is 1. The molecule has 0 bridgehead atoms. The average molecular weight is 1840 g/mol. The number of nitrogens with one attached hydrogen (secondary N) is 7. The number of ether oxygens (including phenoxy) is 2. The first kappa shape index (κ1) is 95.8. The van der Waals surface area contributed by atoms with Crippen LogP contribution in [-0.4, -0.2) is 122 Å². The molecular weight excluding hydrogens is 1750 g/mol. The zero-order valence-corrected chi connectivity index (χ0v) is 75.5. The van der Waals surface area contributed by atoms with Gasteiger partial charge in [0.15, 0.2) is 11.6 Å². The maximum Gasteiger partial charge on any atom is 0.165 e. The Bertz CT molecular complexity index is 7800. The van der Waals surface area contributed by atoms with Crippen molar-refractivity contribution >= 4 is 70.5 Å². The number of aromatic nitrogens is 13. The number of benzene rings is 7. The summed E-state index contributed by atoms with van der Waals surface area (Å²) in [5.41, 5.74) is 52.1. The van der Waals surface area contributed by atoms with Crippen molar-refractivity contribution in [3.63, 3.8) is 0 Å². The van der Waals surface area contributed by atoms with Crippen LogP contribution in [0.25, 0.3) is 145 Å². The second kappa shape index (κ2) is 45.2. The Balaban J connectivity index is 0.000000133. The van der Waals surface area contributed by atoms with Gasteiger partial charge in [-0.1, -0.05) is 90.5 Å². The smallest absolute Gasteiger partial charge is 0.165 e. The summed E-state index contributed by atoms with van der Waals surface area (Å²) in [4.78, 5) is 47.8. The third-order valence-electron chi connectivity index (χ3n) is 21.8. The van der Waals surface area contributed by atoms with E-state index in [0.29, 0.717) is 73.6 Å². The number of phenols is 1. The number of hydrogen-bond donors (Lipinski definition) is 12. The number of pyridine rings is 11. The standard InChI is InChI=1S/C20H18FN3.C18H15FN4O.C18H15FN4.C18H13N5.C18H16N4O.C17H12N4O/c1-13-10-15(5-7-18(13)21)20-17(4-3-9-24-20)14-6-8-19(23-2)16(11-14)12-22;1-24-17-8-11(4-5-14(17)19)18-13(3-2-6-22-18)12-7-15(21)16(9-20)23-10-12;1-11-4-5-15(19)14(7-11)18-13(3-2-6-22-18)12-8-16(21)17(9-20)23-10-12;19-9-12-3-1-4-13(7-12)18-15(5-2-6-22-18)14-8-16(21)17(10-20)23-11-14;1-23-14-5-2-4-12(8-14)18-15(6-3-7-21-18)13-9-16(20)17(10-19)22-11-13;22-13-4-1-3-11(7-13)17-14(5-2-6-18-17)12-8-15-16(19-9-12)10-20-21-15/h3-12,22-23H,1-2H3;2-10,20H,21H2,1H3;2-10,20H,21H2,1H3;1-8,10-11,20H,21H2;2-11,19H,20H2,1H3;1-10,22H,(H,20,21). The van der Waals surface area contributed by atoms with Crippen LogP contribution >= 0.6 is 0 Å². The van der Waals surface area contributed by atoms with Crippen molar-refractivity contribution < 1.29 is 27.8 Å². The monoisotopic (exact) mass is 1840 g/mol. The largest absolute Gasteiger partial charge is 0.508 e. The van der Waals surface area contributed by atoms with Crippen molar-refractivity contribution in [1.29, 1.82) is 32.3 Å². The molecule has 30 heteroatoms. The number of aryl methyl sites for hydroxylation is 2. The number of nitriles is 1. The van der Waals surface area contributed by atoms with Gasteiger partial charge in [0.1, 0.15) is 51.4 Å². The number of aromatic amines is 1. The lowest BCUT2D eigenvalue weighted by molar-refractivity contribution is 0.387. The maximum absolute atomic E-state index is 14.2. The van der Waals surface area contributed by atoms with Crippen molar-refractivity contribution in [3.05, 3.63) is 386 Å². The number of halogens is 3. The van der Waals surface area contributed by atoms with Crippen LogP contribution in [0, 0.1) is 69.7 Å². The van der Waals surface area contributed by atoms with Crippen molar-refractivity contribution in [2.75, 3.05) is 49.5 Å². The maximum atomic E-state index is 14.2. The van der Waals surface area contributed by atoms with Gasteiger partial charge in [-0.15, -0.1) is 0 Å². The molecule has 0 aliphatic rings. The number of aromatic hydroxyl groups is 1. The van der Waals surface area contributed by atoms with Gasteiger partial charge in [0.05, 0.1) is 94.5 Å². The molecule has 7 aromatic carbocycles. The van der Waals surface area contributed by atoms with E-state index in [1.165, 1.54) is 31.5 Å². The number of rotatable bonds is 20. The molecule has 0 saturated heterocycles. The van der Waals surface area contributed by atoms with Crippen molar-refractivity contribution in [2.24, 2.45) is 0 Å². The molecule has 0 atom stereocenters. The van der Waals surface area contributed by atoms with E-state index in [9.17, 15) is 18.3 Å². The molecule has 12 heterocycles. The van der Waals surface area contributed by atoms with Gasteiger partial charge in [-0.05, 0) is 189 Å². The Hall–Kier alpha value is -19.3. The highest BCUT2D eigenvalue weighted by molar-refractivity contribution is 5.94. The van der Waals surface area contributed by atoms with E-state index in [-0.39, 0.29) is 23.1 Å². The van der Waals surface area contributed by atoms with Crippen LogP contribution in [0.1, 0.15) is 45.0 Å². The number of nitrogens with zero attached hydrogens (tertiary/aromatic N) is 13. The lowest BCUT2D eigenvalue weighted by Gasteiger charge is -2.12. The number of phenolic OH excluding ortho intramolecular Hbond substituents is 1.